The van der Waals surface area contributed by atoms with Gasteiger partial charge in [0.2, 0.25) is 5.91 Å². The van der Waals surface area contributed by atoms with Gasteiger partial charge in [-0.25, -0.2) is 0 Å². The number of carbonyl (C=O) groups is 3. The molecule has 33 heavy (non-hydrogen) atoms. The van der Waals surface area contributed by atoms with Gasteiger partial charge < -0.3 is 19.9 Å². The predicted molar refractivity (Wildman–Crippen MR) is 126 cm³/mol. The number of H-pyrrole nitrogens is 1. The SMILES string of the molecule is CCc1cccc2c(CC(=O)N3CCC(C(=O)c4ccc5c(c4)NC(=O)CO5)CC3)c[nH]c12. The highest BCUT2D eigenvalue weighted by Gasteiger charge is 2.29. The van der Waals surface area contributed by atoms with Crippen LogP contribution in [0.15, 0.2) is 42.6 Å². The molecule has 1 fully saturated rings. The van der Waals surface area contributed by atoms with Crippen molar-refractivity contribution in [2.75, 3.05) is 25.0 Å². The fraction of sp³-hybridized carbons (Fsp3) is 0.346. The smallest absolute Gasteiger partial charge is 0.262 e. The lowest BCUT2D eigenvalue weighted by Gasteiger charge is -2.31. The summed E-state index contributed by atoms with van der Waals surface area (Å²) in [7, 11) is 0. The van der Waals surface area contributed by atoms with Gasteiger partial charge in [0.05, 0.1) is 12.1 Å². The average molecular weight is 446 g/mol. The quantitative estimate of drug-likeness (QED) is 0.586. The van der Waals surface area contributed by atoms with Crippen molar-refractivity contribution in [3.63, 3.8) is 0 Å². The Kier molecular flexibility index (Phi) is 5.62. The number of piperidine rings is 1. The van der Waals surface area contributed by atoms with E-state index in [1.807, 2.05) is 17.2 Å². The second-order valence-electron chi connectivity index (χ2n) is 8.75. The van der Waals surface area contributed by atoms with Crippen LogP contribution in [-0.4, -0.2) is 47.2 Å². The largest absolute Gasteiger partial charge is 0.482 e. The number of nitrogens with zero attached hydrogens (tertiary/aromatic N) is 1. The van der Waals surface area contributed by atoms with Gasteiger partial charge in [0, 0.05) is 41.7 Å². The molecule has 1 saturated heterocycles. The number of benzene rings is 2. The molecule has 2 aromatic carbocycles. The van der Waals surface area contributed by atoms with Crippen LogP contribution in [0.5, 0.6) is 5.75 Å². The lowest BCUT2D eigenvalue weighted by Crippen LogP contribution is -2.41. The first-order chi connectivity index (χ1) is 16.0. The fourth-order valence-electron chi connectivity index (χ4n) is 4.85. The molecule has 2 N–H and O–H groups in total. The summed E-state index contributed by atoms with van der Waals surface area (Å²) in [6.07, 6.45) is 4.51. The zero-order valence-corrected chi connectivity index (χ0v) is 18.6. The van der Waals surface area contributed by atoms with Crippen LogP contribution in [0, 0.1) is 5.92 Å². The maximum Gasteiger partial charge on any atom is 0.262 e. The topological polar surface area (TPSA) is 91.5 Å². The molecule has 2 aliphatic heterocycles. The highest BCUT2D eigenvalue weighted by Crippen LogP contribution is 2.31. The number of para-hydroxylation sites is 1. The van der Waals surface area contributed by atoms with Crippen molar-refractivity contribution < 1.29 is 19.1 Å². The lowest BCUT2D eigenvalue weighted by molar-refractivity contribution is -0.131. The first-order valence-electron chi connectivity index (χ1n) is 11.5. The number of amides is 2. The summed E-state index contributed by atoms with van der Waals surface area (Å²) in [6.45, 7) is 3.26. The number of ketones is 1. The number of hydrogen-bond donors (Lipinski definition) is 2. The number of aromatic amines is 1. The van der Waals surface area contributed by atoms with Gasteiger partial charge in [-0.05, 0) is 48.6 Å². The molecule has 3 aromatic rings. The predicted octanol–water partition coefficient (Wildman–Crippen LogP) is 3.73. The van der Waals surface area contributed by atoms with Crippen molar-refractivity contribution in [2.24, 2.45) is 5.92 Å². The number of ether oxygens (including phenoxy) is 1. The molecule has 0 spiro atoms. The van der Waals surface area contributed by atoms with Crippen molar-refractivity contribution >= 4 is 34.2 Å². The van der Waals surface area contributed by atoms with Gasteiger partial charge in [-0.15, -0.1) is 0 Å². The molecule has 170 valence electrons. The normalized spacial score (nSPS) is 16.3. The molecule has 2 aliphatic rings. The maximum atomic E-state index is 13.0. The van der Waals surface area contributed by atoms with Crippen molar-refractivity contribution in [3.05, 3.63) is 59.3 Å². The Morgan fingerprint density at radius 3 is 2.73 bits per heavy atom. The van der Waals surface area contributed by atoms with Gasteiger partial charge in [-0.3, -0.25) is 14.4 Å². The van der Waals surface area contributed by atoms with Crippen LogP contribution in [-0.2, 0) is 22.4 Å². The minimum atomic E-state index is -0.222. The zero-order valence-electron chi connectivity index (χ0n) is 18.6. The number of fused-ring (bicyclic) bond motifs is 2. The van der Waals surface area contributed by atoms with E-state index in [2.05, 4.69) is 29.4 Å². The van der Waals surface area contributed by atoms with Crippen LogP contribution in [0.3, 0.4) is 0 Å². The molecular weight excluding hydrogens is 418 g/mol. The Morgan fingerprint density at radius 2 is 1.94 bits per heavy atom. The van der Waals surface area contributed by atoms with Gasteiger partial charge in [-0.1, -0.05) is 25.1 Å². The molecule has 1 aromatic heterocycles. The van der Waals surface area contributed by atoms with E-state index in [0.29, 0.717) is 49.4 Å². The first kappa shape index (κ1) is 21.2. The van der Waals surface area contributed by atoms with Gasteiger partial charge >= 0.3 is 0 Å². The van der Waals surface area contributed by atoms with E-state index in [-0.39, 0.29) is 30.1 Å². The Hall–Kier alpha value is -3.61. The maximum absolute atomic E-state index is 13.0. The summed E-state index contributed by atoms with van der Waals surface area (Å²) in [5.41, 5.74) is 4.48. The summed E-state index contributed by atoms with van der Waals surface area (Å²) in [4.78, 5) is 42.8. The standard InChI is InChI=1S/C26H27N3O4/c1-2-16-4-3-5-20-19(14-27-25(16)20)13-24(31)29-10-8-17(9-11-29)26(32)18-6-7-22-21(12-18)28-23(30)15-33-22/h3-7,12,14,17,27H,2,8-11,13,15H2,1H3,(H,28,30). The molecule has 0 saturated carbocycles. The molecule has 0 atom stereocenters. The number of carbonyl (C=O) groups excluding carboxylic acids is 3. The number of aryl methyl sites for hydroxylation is 1. The monoisotopic (exact) mass is 445 g/mol. The Balaban J connectivity index is 1.21. The number of nitrogens with one attached hydrogen (secondary N) is 2. The van der Waals surface area contributed by atoms with Gasteiger partial charge in [-0.2, -0.15) is 0 Å². The second-order valence-corrected chi connectivity index (χ2v) is 8.75. The minimum absolute atomic E-state index is 0.00883. The molecule has 0 unspecified atom stereocenters. The Bertz CT molecular complexity index is 1240. The van der Waals surface area contributed by atoms with E-state index >= 15 is 0 Å². The summed E-state index contributed by atoms with van der Waals surface area (Å²) < 4.78 is 5.37. The number of aromatic nitrogens is 1. The molecule has 2 amide bonds. The van der Waals surface area contributed by atoms with Crippen LogP contribution in [0.1, 0.15) is 41.3 Å². The molecular formula is C26H27N3O4. The summed E-state index contributed by atoms with van der Waals surface area (Å²) in [6, 6.07) is 11.4. The van der Waals surface area contributed by atoms with E-state index in [9.17, 15) is 14.4 Å². The second kappa shape index (κ2) is 8.73. The molecule has 7 nitrogen and oxygen atoms in total. The average Bonchev–Trinajstić information content (AvgIpc) is 3.26. The number of rotatable bonds is 5. The van der Waals surface area contributed by atoms with Crippen molar-refractivity contribution in [3.8, 4) is 5.75 Å². The van der Waals surface area contributed by atoms with E-state index in [0.717, 1.165) is 22.9 Å². The molecule has 0 bridgehead atoms. The van der Waals surface area contributed by atoms with Crippen LogP contribution in [0.4, 0.5) is 5.69 Å². The zero-order chi connectivity index (χ0) is 22.9. The number of likely N-dealkylation sites (tertiary alicyclic amines) is 1. The van der Waals surface area contributed by atoms with Gasteiger partial charge in [0.25, 0.3) is 5.91 Å². The third-order valence-corrected chi connectivity index (χ3v) is 6.73. The molecule has 0 aliphatic carbocycles. The summed E-state index contributed by atoms with van der Waals surface area (Å²) in [5, 5.41) is 3.86. The Morgan fingerprint density at radius 1 is 1.12 bits per heavy atom. The number of Topliss-reactive ketones (excluding diaryl/α,β-unsaturated/α-hetero) is 1. The van der Waals surface area contributed by atoms with Crippen LogP contribution in [0.25, 0.3) is 10.9 Å². The van der Waals surface area contributed by atoms with E-state index in [1.165, 1.54) is 5.56 Å². The Labute approximate surface area is 192 Å². The van der Waals surface area contributed by atoms with Crippen LogP contribution in [0.2, 0.25) is 0 Å². The van der Waals surface area contributed by atoms with Gasteiger partial charge in [0.1, 0.15) is 5.75 Å². The summed E-state index contributed by atoms with van der Waals surface area (Å²) in [5.74, 6) is 0.369. The molecule has 5 rings (SSSR count). The van der Waals surface area contributed by atoms with Crippen molar-refractivity contribution in [1.82, 2.24) is 9.88 Å². The van der Waals surface area contributed by atoms with Crippen LogP contribution >= 0.6 is 0 Å². The highest BCUT2D eigenvalue weighted by atomic mass is 16.5. The van der Waals surface area contributed by atoms with Crippen molar-refractivity contribution in [2.45, 2.75) is 32.6 Å². The van der Waals surface area contributed by atoms with Crippen LogP contribution < -0.4 is 10.1 Å². The third kappa shape index (κ3) is 4.11. The summed E-state index contributed by atoms with van der Waals surface area (Å²) >= 11 is 0. The number of anilines is 1. The first-order valence-corrected chi connectivity index (χ1v) is 11.5. The van der Waals surface area contributed by atoms with E-state index < -0.39 is 0 Å². The molecule has 3 heterocycles. The molecule has 0 radical (unpaired) electrons. The van der Waals surface area contributed by atoms with E-state index in [1.54, 1.807) is 18.2 Å². The van der Waals surface area contributed by atoms with E-state index in [4.69, 9.17) is 4.74 Å². The van der Waals surface area contributed by atoms with Crippen molar-refractivity contribution in [1.29, 1.82) is 0 Å². The minimum Gasteiger partial charge on any atom is -0.482 e. The number of hydrogen-bond acceptors (Lipinski definition) is 4. The highest BCUT2D eigenvalue weighted by molar-refractivity contribution is 6.02. The fourth-order valence-corrected chi connectivity index (χ4v) is 4.85. The lowest BCUT2D eigenvalue weighted by atomic mass is 9.88. The van der Waals surface area contributed by atoms with Gasteiger partial charge in [0.15, 0.2) is 12.4 Å². The molecule has 7 heteroatoms. The third-order valence-electron chi connectivity index (χ3n) is 6.73.